The molecule has 2 N–H and O–H groups in total. The minimum absolute atomic E-state index is 0.362. The first-order chi connectivity index (χ1) is 10.2. The first-order valence-electron chi connectivity index (χ1n) is 7.68. The van der Waals surface area contributed by atoms with Crippen molar-refractivity contribution in [3.63, 3.8) is 0 Å². The minimum Gasteiger partial charge on any atom is -0.494 e. The molecule has 0 bridgehead atoms. The topological polar surface area (TPSA) is 35.2 Å². The Hall–Kier alpha value is -1.80. The van der Waals surface area contributed by atoms with E-state index in [4.69, 9.17) is 10.5 Å². The molecule has 2 heteroatoms. The highest BCUT2D eigenvalue weighted by Crippen LogP contribution is 2.21. The van der Waals surface area contributed by atoms with Crippen molar-refractivity contribution < 1.29 is 4.74 Å². The van der Waals surface area contributed by atoms with Crippen LogP contribution in [0.1, 0.15) is 43.2 Å². The zero-order valence-corrected chi connectivity index (χ0v) is 13.0. The molecule has 0 saturated carbocycles. The van der Waals surface area contributed by atoms with Crippen LogP contribution in [0.4, 0.5) is 0 Å². The standard InChI is InChI=1S/C19H25NO/c1-15(2)16-8-10-19(11-9-16)21-13-12-18(14-20)17-6-4-3-5-7-17/h3-11,15,18H,12-14,20H2,1-2H3. The molecule has 2 aromatic carbocycles. The van der Waals surface area contributed by atoms with Crippen LogP contribution in [-0.2, 0) is 0 Å². The van der Waals surface area contributed by atoms with E-state index in [1.165, 1.54) is 11.1 Å². The summed E-state index contributed by atoms with van der Waals surface area (Å²) in [6, 6.07) is 18.8. The molecular formula is C19H25NO. The van der Waals surface area contributed by atoms with Crippen LogP contribution in [0.15, 0.2) is 54.6 Å². The van der Waals surface area contributed by atoms with Gasteiger partial charge in [-0.15, -0.1) is 0 Å². The van der Waals surface area contributed by atoms with Crippen molar-refractivity contribution in [1.82, 2.24) is 0 Å². The third kappa shape index (κ3) is 4.61. The van der Waals surface area contributed by atoms with Gasteiger partial charge in [0.05, 0.1) is 6.61 Å². The summed E-state index contributed by atoms with van der Waals surface area (Å²) >= 11 is 0. The monoisotopic (exact) mass is 283 g/mol. The Morgan fingerprint density at radius 1 is 0.905 bits per heavy atom. The largest absolute Gasteiger partial charge is 0.494 e. The zero-order valence-electron chi connectivity index (χ0n) is 13.0. The summed E-state index contributed by atoms with van der Waals surface area (Å²) in [5.74, 6) is 1.85. The van der Waals surface area contributed by atoms with Gasteiger partial charge in [0.1, 0.15) is 5.75 Å². The fourth-order valence-corrected chi connectivity index (χ4v) is 2.41. The van der Waals surface area contributed by atoms with Gasteiger partial charge in [0.15, 0.2) is 0 Å². The summed E-state index contributed by atoms with van der Waals surface area (Å²) in [5.41, 5.74) is 8.51. The Bertz CT molecular complexity index is 519. The third-order valence-corrected chi connectivity index (χ3v) is 3.84. The van der Waals surface area contributed by atoms with Gasteiger partial charge in [-0.3, -0.25) is 0 Å². The van der Waals surface area contributed by atoms with E-state index < -0.39 is 0 Å². The van der Waals surface area contributed by atoms with Gasteiger partial charge in [-0.25, -0.2) is 0 Å². The van der Waals surface area contributed by atoms with E-state index in [0.29, 0.717) is 25.0 Å². The number of ether oxygens (including phenoxy) is 1. The lowest BCUT2D eigenvalue weighted by Gasteiger charge is -2.16. The molecule has 2 rings (SSSR count). The molecule has 0 fully saturated rings. The number of hydrogen-bond acceptors (Lipinski definition) is 2. The van der Waals surface area contributed by atoms with E-state index in [0.717, 1.165) is 12.2 Å². The minimum atomic E-state index is 0.362. The van der Waals surface area contributed by atoms with E-state index in [9.17, 15) is 0 Å². The van der Waals surface area contributed by atoms with E-state index in [1.54, 1.807) is 0 Å². The zero-order chi connectivity index (χ0) is 15.1. The molecule has 2 nitrogen and oxygen atoms in total. The molecule has 112 valence electrons. The molecule has 0 amide bonds. The van der Waals surface area contributed by atoms with Crippen molar-refractivity contribution in [2.45, 2.75) is 32.1 Å². The smallest absolute Gasteiger partial charge is 0.119 e. The molecule has 0 aliphatic rings. The lowest BCUT2D eigenvalue weighted by molar-refractivity contribution is 0.298. The van der Waals surface area contributed by atoms with E-state index >= 15 is 0 Å². The molecule has 0 saturated heterocycles. The molecular weight excluding hydrogens is 258 g/mol. The van der Waals surface area contributed by atoms with Crippen LogP contribution < -0.4 is 10.5 Å². The van der Waals surface area contributed by atoms with Gasteiger partial charge in [-0.05, 0) is 48.1 Å². The van der Waals surface area contributed by atoms with Gasteiger partial charge in [0.2, 0.25) is 0 Å². The highest BCUT2D eigenvalue weighted by atomic mass is 16.5. The number of hydrogen-bond donors (Lipinski definition) is 1. The SMILES string of the molecule is CC(C)c1ccc(OCCC(CN)c2ccccc2)cc1. The van der Waals surface area contributed by atoms with Gasteiger partial charge >= 0.3 is 0 Å². The summed E-state index contributed by atoms with van der Waals surface area (Å²) in [6.45, 7) is 5.74. The Kier molecular flexibility index (Phi) is 5.82. The van der Waals surface area contributed by atoms with E-state index in [1.807, 2.05) is 6.07 Å². The van der Waals surface area contributed by atoms with Crippen molar-refractivity contribution in [2.75, 3.05) is 13.2 Å². The Morgan fingerprint density at radius 2 is 1.57 bits per heavy atom. The summed E-state index contributed by atoms with van der Waals surface area (Å²) < 4.78 is 5.84. The van der Waals surface area contributed by atoms with Gasteiger partial charge in [0, 0.05) is 0 Å². The molecule has 0 aliphatic heterocycles. The predicted molar refractivity (Wildman–Crippen MR) is 88.9 cm³/mol. The van der Waals surface area contributed by atoms with Crippen LogP contribution >= 0.6 is 0 Å². The van der Waals surface area contributed by atoms with Gasteiger partial charge in [-0.1, -0.05) is 56.3 Å². The molecule has 0 heterocycles. The van der Waals surface area contributed by atoms with Crippen LogP contribution in [0.2, 0.25) is 0 Å². The second-order valence-electron chi connectivity index (χ2n) is 5.70. The maximum atomic E-state index is 5.88. The average molecular weight is 283 g/mol. The lowest BCUT2D eigenvalue weighted by Crippen LogP contribution is -2.15. The summed E-state index contributed by atoms with van der Waals surface area (Å²) in [4.78, 5) is 0. The maximum absolute atomic E-state index is 5.88. The second-order valence-corrected chi connectivity index (χ2v) is 5.70. The fraction of sp³-hybridized carbons (Fsp3) is 0.368. The molecule has 0 spiro atoms. The summed E-state index contributed by atoms with van der Waals surface area (Å²) in [7, 11) is 0. The average Bonchev–Trinajstić information content (AvgIpc) is 2.53. The number of nitrogens with two attached hydrogens (primary N) is 1. The van der Waals surface area contributed by atoms with Crippen LogP contribution in [0, 0.1) is 0 Å². The summed E-state index contributed by atoms with van der Waals surface area (Å²) in [6.07, 6.45) is 0.937. The predicted octanol–water partition coefficient (Wildman–Crippen LogP) is 4.32. The maximum Gasteiger partial charge on any atom is 0.119 e. The highest BCUT2D eigenvalue weighted by molar-refractivity contribution is 5.29. The van der Waals surface area contributed by atoms with Crippen LogP contribution in [0.25, 0.3) is 0 Å². The highest BCUT2D eigenvalue weighted by Gasteiger charge is 2.09. The second kappa shape index (κ2) is 7.84. The van der Waals surface area contributed by atoms with Crippen molar-refractivity contribution in [3.8, 4) is 5.75 Å². The quantitative estimate of drug-likeness (QED) is 0.821. The number of benzene rings is 2. The molecule has 2 aromatic rings. The van der Waals surface area contributed by atoms with Gasteiger partial charge < -0.3 is 10.5 Å². The van der Waals surface area contributed by atoms with Crippen molar-refractivity contribution >= 4 is 0 Å². The summed E-state index contributed by atoms with van der Waals surface area (Å²) in [5, 5.41) is 0. The van der Waals surface area contributed by atoms with Gasteiger partial charge in [-0.2, -0.15) is 0 Å². The Morgan fingerprint density at radius 3 is 2.14 bits per heavy atom. The van der Waals surface area contributed by atoms with Gasteiger partial charge in [0.25, 0.3) is 0 Å². The lowest BCUT2D eigenvalue weighted by atomic mass is 9.96. The van der Waals surface area contributed by atoms with Crippen LogP contribution in [0.3, 0.4) is 0 Å². The molecule has 0 aliphatic carbocycles. The first-order valence-corrected chi connectivity index (χ1v) is 7.68. The molecule has 0 radical (unpaired) electrons. The normalized spacial score (nSPS) is 12.4. The number of rotatable bonds is 7. The molecule has 0 aromatic heterocycles. The first kappa shape index (κ1) is 15.6. The molecule has 21 heavy (non-hydrogen) atoms. The molecule has 1 atom stereocenters. The molecule has 1 unspecified atom stereocenters. The van der Waals surface area contributed by atoms with Crippen LogP contribution in [0.5, 0.6) is 5.75 Å². The third-order valence-electron chi connectivity index (χ3n) is 3.84. The Labute approximate surface area is 127 Å². The van der Waals surface area contributed by atoms with Crippen molar-refractivity contribution in [2.24, 2.45) is 5.73 Å². The van der Waals surface area contributed by atoms with Crippen molar-refractivity contribution in [3.05, 3.63) is 65.7 Å². The van der Waals surface area contributed by atoms with E-state index in [-0.39, 0.29) is 0 Å². The van der Waals surface area contributed by atoms with Crippen LogP contribution in [-0.4, -0.2) is 13.2 Å². The Balaban J connectivity index is 1.85. The van der Waals surface area contributed by atoms with Crippen molar-refractivity contribution in [1.29, 1.82) is 0 Å². The fourth-order valence-electron chi connectivity index (χ4n) is 2.41. The van der Waals surface area contributed by atoms with E-state index in [2.05, 4.69) is 62.4 Å².